The van der Waals surface area contributed by atoms with Crippen molar-refractivity contribution in [1.82, 2.24) is 0 Å². The van der Waals surface area contributed by atoms with Crippen LogP contribution in [-0.4, -0.2) is 30.8 Å². The minimum atomic E-state index is -1.13. The summed E-state index contributed by atoms with van der Waals surface area (Å²) in [5.74, 6) is 0.437. The number of ether oxygens (including phenoxy) is 2. The Morgan fingerprint density at radius 1 is 1.50 bits per heavy atom. The third-order valence-electron chi connectivity index (χ3n) is 0.730. The van der Waals surface area contributed by atoms with Gasteiger partial charge in [0.15, 0.2) is 0 Å². The minimum absolute atomic E-state index is 0.437. The average Bonchev–Trinajstić information content (AvgIpc) is 1.97. The largest absolute Gasteiger partial charge is 0.449 e. The minimum Gasteiger partial charge on any atom is -0.449 e. The Kier molecular flexibility index (Phi) is 6.24. The summed E-state index contributed by atoms with van der Waals surface area (Å²) in [7, 11) is 1.86. The first kappa shape index (κ1) is 9.47. The Labute approximate surface area is 63.2 Å². The fourth-order valence-corrected chi connectivity index (χ4v) is 0.895. The number of methoxy groups -OCH3 is 2. The van der Waals surface area contributed by atoms with Crippen LogP contribution in [0.15, 0.2) is 0 Å². The van der Waals surface area contributed by atoms with E-state index in [1.165, 1.54) is 7.11 Å². The second-order valence-corrected chi connectivity index (χ2v) is 2.75. The first-order valence-corrected chi connectivity index (χ1v) is 4.04. The van der Waals surface area contributed by atoms with Gasteiger partial charge in [-0.1, -0.05) is 0 Å². The molecule has 0 fully saturated rings. The molecule has 3 nitrogen and oxygen atoms in total. The van der Waals surface area contributed by atoms with E-state index in [4.69, 9.17) is 4.74 Å². The van der Waals surface area contributed by atoms with Crippen molar-refractivity contribution in [2.45, 2.75) is 0 Å². The zero-order valence-electron chi connectivity index (χ0n) is 6.05. The van der Waals surface area contributed by atoms with Crippen LogP contribution in [0.5, 0.6) is 0 Å². The maximum Gasteiger partial charge on any atom is 0.124 e. The Morgan fingerprint density at radius 2 is 2.20 bits per heavy atom. The van der Waals surface area contributed by atoms with Crippen molar-refractivity contribution in [1.29, 1.82) is 0 Å². The summed E-state index contributed by atoms with van der Waals surface area (Å²) < 4.78 is 19.8. The normalized spacial score (nSPS) is 11.4. The van der Waals surface area contributed by atoms with Gasteiger partial charge in [-0.25, -0.2) is 4.21 Å². The van der Waals surface area contributed by atoms with Crippen LogP contribution < -0.4 is 0 Å². The van der Waals surface area contributed by atoms with Crippen LogP contribution in [0.1, 0.15) is 0 Å². The van der Waals surface area contributed by atoms with E-state index in [-0.39, 0.29) is 0 Å². The van der Waals surface area contributed by atoms with Crippen LogP contribution in [0.2, 0.25) is 0 Å². The van der Waals surface area contributed by atoms with Gasteiger partial charge in [0.25, 0.3) is 0 Å². The number of hydrogen-bond acceptors (Lipinski definition) is 3. The van der Waals surface area contributed by atoms with Crippen LogP contribution >= 0.6 is 0 Å². The van der Waals surface area contributed by atoms with E-state index in [1.807, 2.05) is 0 Å². The van der Waals surface area contributed by atoms with Gasteiger partial charge in [-0.2, -0.15) is 0 Å². The summed E-state index contributed by atoms with van der Waals surface area (Å²) >= 11 is 0. The van der Waals surface area contributed by atoms with E-state index in [9.17, 15) is 4.21 Å². The van der Waals surface area contributed by atoms with E-state index in [0.717, 1.165) is 0 Å². The van der Waals surface area contributed by atoms with Crippen molar-refractivity contribution in [2.75, 3.05) is 26.6 Å². The van der Waals surface area contributed by atoms with E-state index >= 15 is 0 Å². The van der Waals surface area contributed by atoms with Crippen LogP contribution in [0.25, 0.3) is 0 Å². The fourth-order valence-electron chi connectivity index (χ4n) is 0.298. The Balaban J connectivity index is 3.43. The molecule has 0 aromatic heterocycles. The van der Waals surface area contributed by atoms with Crippen molar-refractivity contribution in [2.24, 2.45) is 0 Å². The predicted octanol–water partition coefficient (Wildman–Crippen LogP) is -0.0537. The van der Waals surface area contributed by atoms with Gasteiger partial charge in [-0.15, -0.1) is 0 Å². The fraction of sp³-hybridized carbons (Fsp3) is 0.667. The lowest BCUT2D eigenvalue weighted by Gasteiger charge is -1.90. The SMILES string of the molecule is COC#CS(=O)CCOC. The maximum atomic E-state index is 10.7. The first-order valence-electron chi connectivity index (χ1n) is 2.72. The smallest absolute Gasteiger partial charge is 0.124 e. The molecule has 10 heavy (non-hydrogen) atoms. The molecule has 0 aromatic rings. The lowest BCUT2D eigenvalue weighted by atomic mass is 10.9. The number of hydrogen-bond donors (Lipinski definition) is 0. The van der Waals surface area contributed by atoms with Crippen molar-refractivity contribution in [3.05, 3.63) is 0 Å². The molecule has 0 radical (unpaired) electrons. The molecule has 0 bridgehead atoms. The van der Waals surface area contributed by atoms with Crippen molar-refractivity contribution < 1.29 is 13.7 Å². The second-order valence-electron chi connectivity index (χ2n) is 1.45. The molecule has 0 aliphatic carbocycles. The van der Waals surface area contributed by atoms with E-state index in [1.54, 1.807) is 7.11 Å². The zero-order chi connectivity index (χ0) is 7.82. The predicted molar refractivity (Wildman–Crippen MR) is 39.7 cm³/mol. The molecule has 0 amide bonds. The molecule has 0 saturated heterocycles. The quantitative estimate of drug-likeness (QED) is 0.546. The van der Waals surface area contributed by atoms with Gasteiger partial charge < -0.3 is 9.47 Å². The first-order chi connectivity index (χ1) is 4.81. The van der Waals surface area contributed by atoms with E-state index in [0.29, 0.717) is 12.4 Å². The highest BCUT2D eigenvalue weighted by Gasteiger charge is 1.91. The summed E-state index contributed by atoms with van der Waals surface area (Å²) in [6, 6.07) is 0. The van der Waals surface area contributed by atoms with Crippen molar-refractivity contribution in [3.8, 4) is 11.4 Å². The lowest BCUT2D eigenvalue weighted by Crippen LogP contribution is -2.01. The van der Waals surface area contributed by atoms with Gasteiger partial charge in [0.1, 0.15) is 16.9 Å². The van der Waals surface area contributed by atoms with Gasteiger partial charge >= 0.3 is 0 Å². The summed E-state index contributed by atoms with van der Waals surface area (Å²) in [5.41, 5.74) is 0. The molecule has 0 spiro atoms. The highest BCUT2D eigenvalue weighted by Crippen LogP contribution is 1.78. The zero-order valence-corrected chi connectivity index (χ0v) is 6.86. The summed E-state index contributed by atoms with van der Waals surface area (Å²) in [6.07, 6.45) is 2.25. The third-order valence-corrected chi connectivity index (χ3v) is 1.58. The molecule has 58 valence electrons. The lowest BCUT2D eigenvalue weighted by molar-refractivity contribution is 0.218. The monoisotopic (exact) mass is 162 g/mol. The standard InChI is InChI=1S/C6H10O3S/c1-8-3-5-10(7)6-4-9-2/h3,5H2,1-2H3. The summed E-state index contributed by atoms with van der Waals surface area (Å²) in [4.78, 5) is 0. The van der Waals surface area contributed by atoms with Crippen molar-refractivity contribution in [3.63, 3.8) is 0 Å². The van der Waals surface area contributed by atoms with Gasteiger partial charge in [0.05, 0.1) is 19.5 Å². The molecular weight excluding hydrogens is 152 g/mol. The van der Waals surface area contributed by atoms with Gasteiger partial charge in [-0.05, 0) is 0 Å². The molecule has 0 heterocycles. The summed E-state index contributed by atoms with van der Waals surface area (Å²) in [5, 5.41) is 2.39. The third kappa shape index (κ3) is 5.60. The molecule has 0 aliphatic rings. The van der Waals surface area contributed by atoms with Crippen LogP contribution in [0, 0.1) is 11.4 Å². The molecule has 0 aliphatic heterocycles. The molecule has 0 saturated carbocycles. The van der Waals surface area contributed by atoms with Gasteiger partial charge in [-0.3, -0.25) is 0 Å². The van der Waals surface area contributed by atoms with Crippen LogP contribution in [0.3, 0.4) is 0 Å². The molecule has 0 N–H and O–H groups in total. The molecule has 1 atom stereocenters. The van der Waals surface area contributed by atoms with E-state index < -0.39 is 10.8 Å². The Bertz CT molecular complexity index is 156. The van der Waals surface area contributed by atoms with Crippen molar-refractivity contribution >= 4 is 10.8 Å². The molecule has 0 aromatic carbocycles. The van der Waals surface area contributed by atoms with Gasteiger partial charge in [0.2, 0.25) is 0 Å². The second kappa shape index (κ2) is 6.59. The average molecular weight is 162 g/mol. The molecule has 0 rings (SSSR count). The topological polar surface area (TPSA) is 35.5 Å². The number of rotatable bonds is 3. The highest BCUT2D eigenvalue weighted by atomic mass is 32.2. The Hall–Kier alpha value is -0.530. The molecule has 4 heteroatoms. The van der Waals surface area contributed by atoms with Gasteiger partial charge in [0, 0.05) is 12.4 Å². The Morgan fingerprint density at radius 3 is 2.70 bits per heavy atom. The highest BCUT2D eigenvalue weighted by molar-refractivity contribution is 7.89. The van der Waals surface area contributed by atoms with Crippen LogP contribution in [-0.2, 0) is 20.3 Å². The summed E-state index contributed by atoms with van der Waals surface area (Å²) in [6.45, 7) is 0.463. The van der Waals surface area contributed by atoms with E-state index in [2.05, 4.69) is 16.1 Å². The van der Waals surface area contributed by atoms with Crippen LogP contribution in [0.4, 0.5) is 0 Å². The molecule has 1 unspecified atom stereocenters. The molecular formula is C6H10O3S. The maximum absolute atomic E-state index is 10.7.